The smallest absolute Gasteiger partial charge is 0.226 e. The first-order chi connectivity index (χ1) is 8.79. The number of pyridine rings is 1. The van der Waals surface area contributed by atoms with E-state index >= 15 is 0 Å². The summed E-state index contributed by atoms with van der Waals surface area (Å²) in [7, 11) is 0. The summed E-state index contributed by atoms with van der Waals surface area (Å²) in [6.07, 6.45) is 5.96. The molecule has 0 saturated carbocycles. The average Bonchev–Trinajstić information content (AvgIpc) is 2.41. The third-order valence-corrected chi connectivity index (χ3v) is 3.11. The van der Waals surface area contributed by atoms with Crippen LogP contribution in [0.1, 0.15) is 25.7 Å². The summed E-state index contributed by atoms with van der Waals surface area (Å²) in [6.45, 7) is 2.55. The van der Waals surface area contributed by atoms with E-state index in [0.29, 0.717) is 18.8 Å². The van der Waals surface area contributed by atoms with Gasteiger partial charge in [0.1, 0.15) is 5.82 Å². The molecular formula is C13H20N4O. The second-order valence-electron chi connectivity index (χ2n) is 4.54. The maximum absolute atomic E-state index is 11.4. The molecule has 2 rings (SSSR count). The Kier molecular flexibility index (Phi) is 4.52. The van der Waals surface area contributed by atoms with Crippen molar-refractivity contribution >= 4 is 17.4 Å². The Morgan fingerprint density at radius 2 is 2.11 bits per heavy atom. The monoisotopic (exact) mass is 248 g/mol. The predicted octanol–water partition coefficient (Wildman–Crippen LogP) is 1.36. The molecule has 0 aliphatic carbocycles. The zero-order valence-electron chi connectivity index (χ0n) is 10.6. The van der Waals surface area contributed by atoms with Crippen molar-refractivity contribution < 1.29 is 4.79 Å². The van der Waals surface area contributed by atoms with Crippen LogP contribution in [-0.4, -0.2) is 30.5 Å². The van der Waals surface area contributed by atoms with Crippen LogP contribution < -0.4 is 16.0 Å². The number of carbonyl (C=O) groups excluding carboxylic acids is 1. The topological polar surface area (TPSA) is 71.2 Å². The van der Waals surface area contributed by atoms with E-state index < -0.39 is 0 Å². The molecule has 0 radical (unpaired) electrons. The first-order valence-electron chi connectivity index (χ1n) is 6.50. The summed E-state index contributed by atoms with van der Waals surface area (Å²) in [5.41, 5.74) is 6.45. The molecule has 0 unspecified atom stereocenters. The molecule has 98 valence electrons. The Labute approximate surface area is 107 Å². The number of nitrogens with one attached hydrogen (secondary N) is 1. The lowest BCUT2D eigenvalue weighted by atomic mass is 10.1. The summed E-state index contributed by atoms with van der Waals surface area (Å²) in [5, 5.41) is 2.72. The number of rotatable bonds is 4. The van der Waals surface area contributed by atoms with E-state index in [1.807, 2.05) is 18.3 Å². The van der Waals surface area contributed by atoms with Gasteiger partial charge in [-0.2, -0.15) is 0 Å². The summed E-state index contributed by atoms with van der Waals surface area (Å²) in [5.74, 6) is 0.505. The maximum Gasteiger partial charge on any atom is 0.226 e. The third kappa shape index (κ3) is 3.43. The number of hydrogen-bond acceptors (Lipinski definition) is 4. The summed E-state index contributed by atoms with van der Waals surface area (Å²) in [4.78, 5) is 18.0. The van der Waals surface area contributed by atoms with Crippen molar-refractivity contribution in [3.05, 3.63) is 18.3 Å². The van der Waals surface area contributed by atoms with Gasteiger partial charge in [0.2, 0.25) is 5.91 Å². The summed E-state index contributed by atoms with van der Waals surface area (Å²) >= 11 is 0. The molecule has 1 aromatic heterocycles. The van der Waals surface area contributed by atoms with Gasteiger partial charge >= 0.3 is 0 Å². The molecular weight excluding hydrogens is 228 g/mol. The van der Waals surface area contributed by atoms with Crippen LogP contribution in [-0.2, 0) is 4.79 Å². The molecule has 1 aromatic rings. The number of carbonyl (C=O) groups is 1. The molecule has 5 heteroatoms. The van der Waals surface area contributed by atoms with E-state index in [1.54, 1.807) is 0 Å². The van der Waals surface area contributed by atoms with Crippen LogP contribution in [0.15, 0.2) is 18.3 Å². The van der Waals surface area contributed by atoms with Gasteiger partial charge < -0.3 is 16.0 Å². The molecule has 1 aliphatic heterocycles. The first kappa shape index (κ1) is 12.8. The van der Waals surface area contributed by atoms with Crippen LogP contribution >= 0.6 is 0 Å². The highest BCUT2D eigenvalue weighted by atomic mass is 16.1. The Balaban J connectivity index is 1.94. The van der Waals surface area contributed by atoms with Crippen LogP contribution in [0.5, 0.6) is 0 Å². The minimum Gasteiger partial charge on any atom is -0.370 e. The molecule has 5 nitrogen and oxygen atoms in total. The van der Waals surface area contributed by atoms with Crippen molar-refractivity contribution in [1.82, 2.24) is 4.98 Å². The fourth-order valence-corrected chi connectivity index (χ4v) is 2.14. The molecule has 0 bridgehead atoms. The van der Waals surface area contributed by atoms with Crippen molar-refractivity contribution in [2.75, 3.05) is 29.9 Å². The molecule has 1 saturated heterocycles. The highest BCUT2D eigenvalue weighted by Crippen LogP contribution is 2.19. The van der Waals surface area contributed by atoms with Crippen LogP contribution in [0.4, 0.5) is 11.5 Å². The second-order valence-corrected chi connectivity index (χ2v) is 4.54. The number of aromatic nitrogens is 1. The number of nitrogens with two attached hydrogens (primary N) is 1. The predicted molar refractivity (Wildman–Crippen MR) is 72.6 cm³/mol. The van der Waals surface area contributed by atoms with Crippen LogP contribution in [0.2, 0.25) is 0 Å². The third-order valence-electron chi connectivity index (χ3n) is 3.11. The average molecular weight is 248 g/mol. The molecule has 0 aromatic carbocycles. The van der Waals surface area contributed by atoms with Crippen molar-refractivity contribution in [2.24, 2.45) is 5.73 Å². The molecule has 0 spiro atoms. The Morgan fingerprint density at radius 3 is 2.72 bits per heavy atom. The lowest BCUT2D eigenvalue weighted by Gasteiger charge is -2.28. The van der Waals surface area contributed by atoms with Crippen molar-refractivity contribution in [3.8, 4) is 0 Å². The van der Waals surface area contributed by atoms with Gasteiger partial charge in [0.25, 0.3) is 0 Å². The Morgan fingerprint density at radius 1 is 1.33 bits per heavy atom. The fourth-order valence-electron chi connectivity index (χ4n) is 2.14. The van der Waals surface area contributed by atoms with Crippen molar-refractivity contribution in [2.45, 2.75) is 25.7 Å². The SMILES string of the molecule is NCCC(=O)Nc1ccc(N2CCCCC2)cn1. The highest BCUT2D eigenvalue weighted by Gasteiger charge is 2.11. The van der Waals surface area contributed by atoms with E-state index in [0.717, 1.165) is 18.8 Å². The fraction of sp³-hybridized carbons (Fsp3) is 0.538. The zero-order valence-corrected chi connectivity index (χ0v) is 10.6. The van der Waals surface area contributed by atoms with Gasteiger partial charge in [0.15, 0.2) is 0 Å². The van der Waals surface area contributed by atoms with Gasteiger partial charge in [0.05, 0.1) is 11.9 Å². The van der Waals surface area contributed by atoms with E-state index in [9.17, 15) is 4.79 Å². The maximum atomic E-state index is 11.4. The lowest BCUT2D eigenvalue weighted by molar-refractivity contribution is -0.116. The van der Waals surface area contributed by atoms with Crippen molar-refractivity contribution in [1.29, 1.82) is 0 Å². The number of anilines is 2. The minimum absolute atomic E-state index is 0.0873. The zero-order chi connectivity index (χ0) is 12.8. The van der Waals surface area contributed by atoms with Gasteiger partial charge in [-0.1, -0.05) is 0 Å². The van der Waals surface area contributed by atoms with E-state index in [2.05, 4.69) is 15.2 Å². The van der Waals surface area contributed by atoms with Crippen LogP contribution in [0, 0.1) is 0 Å². The van der Waals surface area contributed by atoms with Gasteiger partial charge in [-0.3, -0.25) is 4.79 Å². The van der Waals surface area contributed by atoms with Crippen LogP contribution in [0.25, 0.3) is 0 Å². The summed E-state index contributed by atoms with van der Waals surface area (Å²) in [6, 6.07) is 3.86. The second kappa shape index (κ2) is 6.35. The quantitative estimate of drug-likeness (QED) is 0.844. The number of nitrogens with zero attached hydrogens (tertiary/aromatic N) is 2. The van der Waals surface area contributed by atoms with Gasteiger partial charge in [-0.15, -0.1) is 0 Å². The molecule has 3 N–H and O–H groups in total. The largest absolute Gasteiger partial charge is 0.370 e. The summed E-state index contributed by atoms with van der Waals surface area (Å²) < 4.78 is 0. The van der Waals surface area contributed by atoms with Gasteiger partial charge in [-0.25, -0.2) is 4.98 Å². The molecule has 2 heterocycles. The van der Waals surface area contributed by atoms with Gasteiger partial charge in [0, 0.05) is 26.1 Å². The van der Waals surface area contributed by atoms with Crippen molar-refractivity contribution in [3.63, 3.8) is 0 Å². The molecule has 1 fully saturated rings. The van der Waals surface area contributed by atoms with Crippen LogP contribution in [0.3, 0.4) is 0 Å². The first-order valence-corrected chi connectivity index (χ1v) is 6.50. The number of hydrogen-bond donors (Lipinski definition) is 2. The Bertz CT molecular complexity index is 384. The highest BCUT2D eigenvalue weighted by molar-refractivity contribution is 5.89. The lowest BCUT2D eigenvalue weighted by Crippen LogP contribution is -2.29. The minimum atomic E-state index is -0.0873. The number of amides is 1. The molecule has 18 heavy (non-hydrogen) atoms. The molecule has 1 aliphatic rings. The van der Waals surface area contributed by atoms with Gasteiger partial charge in [-0.05, 0) is 31.4 Å². The standard InChI is InChI=1S/C13H20N4O/c14-7-6-13(18)16-12-5-4-11(10-15-12)17-8-2-1-3-9-17/h4-5,10H,1-3,6-9,14H2,(H,15,16,18). The van der Waals surface area contributed by atoms with E-state index in [-0.39, 0.29) is 5.91 Å². The van der Waals surface area contributed by atoms with E-state index in [4.69, 9.17) is 5.73 Å². The number of piperidine rings is 1. The Hall–Kier alpha value is -1.62. The molecule has 0 atom stereocenters. The normalized spacial score (nSPS) is 15.5. The van der Waals surface area contributed by atoms with E-state index in [1.165, 1.54) is 19.3 Å². The molecule has 1 amide bonds.